The first kappa shape index (κ1) is 36.2. The normalized spacial score (nSPS) is 26.5. The molecule has 2 fully saturated rings. The summed E-state index contributed by atoms with van der Waals surface area (Å²) in [5, 5.41) is 0. The molecule has 0 aromatic rings. The van der Waals surface area contributed by atoms with Gasteiger partial charge in [-0.2, -0.15) is 0 Å². The van der Waals surface area contributed by atoms with Gasteiger partial charge in [-0.1, -0.05) is 79.9 Å². The van der Waals surface area contributed by atoms with Gasteiger partial charge in [-0.15, -0.1) is 0 Å². The molecule has 1 saturated heterocycles. The van der Waals surface area contributed by atoms with Gasteiger partial charge in [0.05, 0.1) is 19.3 Å². The third kappa shape index (κ3) is 9.77. The molecule has 1 aliphatic carbocycles. The van der Waals surface area contributed by atoms with Crippen LogP contribution in [0.1, 0.15) is 99.8 Å². The van der Waals surface area contributed by atoms with Crippen molar-refractivity contribution in [2.24, 2.45) is 11.8 Å². The molecule has 238 valence electrons. The lowest BCUT2D eigenvalue weighted by atomic mass is 9.89. The fourth-order valence-corrected chi connectivity index (χ4v) is 12.5. The number of hydrogen-bond donors (Lipinski definition) is 0. The maximum absolute atomic E-state index is 16.1. The van der Waals surface area contributed by atoms with Crippen LogP contribution in [0.15, 0.2) is 24.0 Å². The highest BCUT2D eigenvalue weighted by Crippen LogP contribution is 2.49. The van der Waals surface area contributed by atoms with Gasteiger partial charge in [-0.25, -0.2) is 4.39 Å². The third-order valence-corrected chi connectivity index (χ3v) is 19.5. The van der Waals surface area contributed by atoms with Crippen molar-refractivity contribution in [2.75, 3.05) is 7.11 Å². The van der Waals surface area contributed by atoms with E-state index >= 15 is 4.39 Å². The molecule has 41 heavy (non-hydrogen) atoms. The summed E-state index contributed by atoms with van der Waals surface area (Å²) >= 11 is 0. The highest BCUT2D eigenvalue weighted by molar-refractivity contribution is 6.74. The largest absolute Gasteiger partial charge is 0.491 e. The number of alkyl halides is 1. The zero-order valence-electron chi connectivity index (χ0n) is 27.5. The van der Waals surface area contributed by atoms with Gasteiger partial charge >= 0.3 is 5.97 Å². The summed E-state index contributed by atoms with van der Waals surface area (Å²) in [5.41, 5.74) is 0. The molecule has 1 aliphatic heterocycles. The van der Waals surface area contributed by atoms with Crippen molar-refractivity contribution in [1.29, 1.82) is 0 Å². The Kier molecular flexibility index (Phi) is 15.9. The number of halogens is 1. The molecule has 0 spiro atoms. The molecule has 2 rings (SSSR count). The van der Waals surface area contributed by atoms with Crippen LogP contribution in [0, 0.1) is 11.8 Å². The molecule has 2 aliphatic rings. The Morgan fingerprint density at radius 2 is 1.61 bits per heavy atom. The van der Waals surface area contributed by atoms with E-state index in [0.29, 0.717) is 25.0 Å². The molecule has 5 nitrogen and oxygen atoms in total. The molecule has 0 bridgehead atoms. The highest BCUT2D eigenvalue weighted by Gasteiger charge is 2.55. The SMILES string of the molecule is CCCCC[C@@H](/C=C/C1[C@@H]2[C@H](C[C@H]1O[Si](CC)(CC)CC)O/C(=C\CCCC(=O)OC)[C@H]2F)O[Si](CC)(CC)CC. The number of allylic oxidation sites excluding steroid dienone is 2. The van der Waals surface area contributed by atoms with E-state index in [9.17, 15) is 4.79 Å². The minimum Gasteiger partial charge on any atom is -0.491 e. The van der Waals surface area contributed by atoms with E-state index in [1.807, 2.05) is 6.08 Å². The summed E-state index contributed by atoms with van der Waals surface area (Å²) in [5.74, 6) is -0.0771. The van der Waals surface area contributed by atoms with Crippen LogP contribution >= 0.6 is 0 Å². The third-order valence-electron chi connectivity index (χ3n) is 10.1. The van der Waals surface area contributed by atoms with Gasteiger partial charge in [-0.3, -0.25) is 4.79 Å². The molecule has 6 atom stereocenters. The number of carbonyl (C=O) groups is 1. The maximum Gasteiger partial charge on any atom is 0.305 e. The zero-order valence-corrected chi connectivity index (χ0v) is 29.5. The first-order chi connectivity index (χ1) is 19.7. The number of hydrogen-bond acceptors (Lipinski definition) is 5. The second kappa shape index (κ2) is 18.0. The number of ether oxygens (including phenoxy) is 2. The van der Waals surface area contributed by atoms with Crippen LogP contribution in [0.25, 0.3) is 0 Å². The monoisotopic (exact) mass is 612 g/mol. The summed E-state index contributed by atoms with van der Waals surface area (Å²) in [6.07, 6.45) is 12.0. The van der Waals surface area contributed by atoms with Crippen molar-refractivity contribution in [1.82, 2.24) is 0 Å². The Morgan fingerprint density at radius 1 is 0.976 bits per heavy atom. The Bertz CT molecular complexity index is 810. The van der Waals surface area contributed by atoms with Gasteiger partial charge in [0.25, 0.3) is 0 Å². The van der Waals surface area contributed by atoms with Crippen LogP contribution in [0.4, 0.5) is 4.39 Å². The molecule has 0 N–H and O–H groups in total. The average Bonchev–Trinajstić information content (AvgIpc) is 3.49. The fraction of sp³-hybridized carbons (Fsp3) is 0.848. The summed E-state index contributed by atoms with van der Waals surface area (Å²) in [4.78, 5) is 11.5. The Labute approximate surface area is 253 Å². The van der Waals surface area contributed by atoms with E-state index in [4.69, 9.17) is 18.3 Å². The maximum atomic E-state index is 16.1. The Hall–Kier alpha value is -0.966. The predicted molar refractivity (Wildman–Crippen MR) is 173 cm³/mol. The quantitative estimate of drug-likeness (QED) is 0.0593. The molecular formula is C33H61FO5Si2. The van der Waals surface area contributed by atoms with Gasteiger partial charge in [0.2, 0.25) is 0 Å². The smallest absolute Gasteiger partial charge is 0.305 e. The van der Waals surface area contributed by atoms with E-state index in [1.54, 1.807) is 0 Å². The van der Waals surface area contributed by atoms with Crippen molar-refractivity contribution in [2.45, 2.75) is 161 Å². The number of methoxy groups -OCH3 is 1. The van der Waals surface area contributed by atoms with Crippen molar-refractivity contribution in [3.63, 3.8) is 0 Å². The van der Waals surface area contributed by atoms with Crippen molar-refractivity contribution in [3.8, 4) is 0 Å². The Morgan fingerprint density at radius 3 is 2.17 bits per heavy atom. The number of fused-ring (bicyclic) bond motifs is 1. The molecule has 1 unspecified atom stereocenters. The molecule has 0 amide bonds. The topological polar surface area (TPSA) is 54.0 Å². The number of rotatable bonds is 20. The van der Waals surface area contributed by atoms with Crippen LogP contribution in [0.2, 0.25) is 36.3 Å². The second-order valence-electron chi connectivity index (χ2n) is 12.2. The van der Waals surface area contributed by atoms with Gasteiger partial charge in [-0.05, 0) is 61.6 Å². The first-order valence-electron chi connectivity index (χ1n) is 16.8. The van der Waals surface area contributed by atoms with E-state index in [2.05, 4.69) is 60.6 Å². The lowest BCUT2D eigenvalue weighted by molar-refractivity contribution is -0.140. The molecule has 0 radical (unpaired) electrons. The lowest BCUT2D eigenvalue weighted by Crippen LogP contribution is -2.42. The van der Waals surface area contributed by atoms with Gasteiger partial charge in [0, 0.05) is 24.7 Å². The summed E-state index contributed by atoms with van der Waals surface area (Å²) < 4.78 is 41.2. The van der Waals surface area contributed by atoms with E-state index in [-0.39, 0.29) is 36.1 Å². The van der Waals surface area contributed by atoms with Crippen LogP contribution in [0.3, 0.4) is 0 Å². The second-order valence-corrected chi connectivity index (χ2v) is 21.7. The molecular weight excluding hydrogens is 552 g/mol. The summed E-state index contributed by atoms with van der Waals surface area (Å²) in [6, 6.07) is 6.61. The van der Waals surface area contributed by atoms with Crippen molar-refractivity contribution in [3.05, 3.63) is 24.0 Å². The highest BCUT2D eigenvalue weighted by atomic mass is 28.4. The van der Waals surface area contributed by atoms with Crippen molar-refractivity contribution < 1.29 is 27.5 Å². The molecule has 0 aromatic carbocycles. The van der Waals surface area contributed by atoms with Crippen LogP contribution in [-0.2, 0) is 23.1 Å². The lowest BCUT2D eigenvalue weighted by Gasteiger charge is -2.35. The molecule has 1 saturated carbocycles. The van der Waals surface area contributed by atoms with Gasteiger partial charge in [0.1, 0.15) is 11.9 Å². The minimum atomic E-state index is -1.88. The van der Waals surface area contributed by atoms with Crippen molar-refractivity contribution >= 4 is 22.6 Å². The van der Waals surface area contributed by atoms with Crippen LogP contribution < -0.4 is 0 Å². The predicted octanol–water partition coefficient (Wildman–Crippen LogP) is 9.50. The standard InChI is InChI=1S/C33H61FO5Si2/c1-9-16-17-20-26(38-40(10-2,11-3)12-4)23-24-27-29(39-41(13-5,14-6)15-7)25-30-32(27)33(34)28(37-30)21-18-19-22-31(35)36-8/h21,23-24,26-27,29-30,32-33H,9-20,22,25H2,1-8H3/b24-23+,28-21-/t26-,27?,29+,30-,32+,33+/m0/s1. The molecule has 1 heterocycles. The summed E-state index contributed by atoms with van der Waals surface area (Å²) in [6.45, 7) is 15.9. The van der Waals surface area contributed by atoms with Gasteiger partial charge < -0.3 is 18.3 Å². The van der Waals surface area contributed by atoms with E-state index in [1.165, 1.54) is 20.0 Å². The number of carbonyl (C=O) groups excluding carboxylic acids is 1. The fourth-order valence-electron chi connectivity index (χ4n) is 6.80. The van der Waals surface area contributed by atoms with Crippen LogP contribution in [0.5, 0.6) is 0 Å². The summed E-state index contributed by atoms with van der Waals surface area (Å²) in [7, 11) is -2.27. The number of unbranched alkanes of at least 4 members (excludes halogenated alkanes) is 3. The zero-order chi connectivity index (χ0) is 30.5. The number of esters is 1. The van der Waals surface area contributed by atoms with E-state index in [0.717, 1.165) is 55.5 Å². The van der Waals surface area contributed by atoms with Gasteiger partial charge in [0.15, 0.2) is 22.8 Å². The molecule has 0 aromatic heterocycles. The average molecular weight is 613 g/mol. The Balaban J connectivity index is 2.33. The van der Waals surface area contributed by atoms with E-state index < -0.39 is 22.8 Å². The van der Waals surface area contributed by atoms with Crippen LogP contribution in [-0.4, -0.2) is 54.2 Å². The first-order valence-corrected chi connectivity index (χ1v) is 21.9. The minimum absolute atomic E-state index is 0.0197. The molecule has 8 heteroatoms.